The number of nitrogens with zero attached hydrogens (tertiary/aromatic N) is 1. The first-order chi connectivity index (χ1) is 12.5. The highest BCUT2D eigenvalue weighted by molar-refractivity contribution is 7.20. The summed E-state index contributed by atoms with van der Waals surface area (Å²) in [7, 11) is 0. The Morgan fingerprint density at radius 3 is 2.54 bits per heavy atom. The third kappa shape index (κ3) is 4.16. The van der Waals surface area contributed by atoms with Gasteiger partial charge in [-0.2, -0.15) is 0 Å². The van der Waals surface area contributed by atoms with Crippen LogP contribution in [0.3, 0.4) is 0 Å². The Labute approximate surface area is 152 Å². The van der Waals surface area contributed by atoms with Gasteiger partial charge in [-0.15, -0.1) is 11.3 Å². The maximum atomic E-state index is 11.4. The molecule has 0 saturated heterocycles. The maximum Gasteiger partial charge on any atom is 0.349 e. The van der Waals surface area contributed by atoms with Crippen molar-refractivity contribution in [3.8, 4) is 5.75 Å². The summed E-state index contributed by atoms with van der Waals surface area (Å²) in [4.78, 5) is 27.0. The van der Waals surface area contributed by atoms with Crippen LogP contribution in [0, 0.1) is 0 Å². The third-order valence-corrected chi connectivity index (χ3v) is 4.65. The second-order valence-electron chi connectivity index (χ2n) is 5.49. The van der Waals surface area contributed by atoms with Crippen LogP contribution in [0.1, 0.15) is 20.9 Å². The molecule has 26 heavy (non-hydrogen) atoms. The van der Waals surface area contributed by atoms with E-state index < -0.39 is 18.5 Å². The number of aliphatic carboxylic acids is 1. The molecule has 0 bridgehead atoms. The summed E-state index contributed by atoms with van der Waals surface area (Å²) in [5.74, 6) is -2.29. The molecule has 0 unspecified atom stereocenters. The molecule has 0 aliphatic heterocycles. The molecule has 0 aliphatic rings. The number of pyridine rings is 1. The number of carboxylic acid groups (broad SMARTS) is 2. The quantitative estimate of drug-likeness (QED) is 0.558. The molecule has 2 aromatic heterocycles. The van der Waals surface area contributed by atoms with Gasteiger partial charge in [0.2, 0.25) is 0 Å². The van der Waals surface area contributed by atoms with Crippen molar-refractivity contribution in [1.29, 1.82) is 0 Å². The fourth-order valence-electron chi connectivity index (χ4n) is 2.44. The van der Waals surface area contributed by atoms with Crippen molar-refractivity contribution in [1.82, 2.24) is 10.3 Å². The molecule has 0 radical (unpaired) electrons. The van der Waals surface area contributed by atoms with Gasteiger partial charge < -0.3 is 20.3 Å². The van der Waals surface area contributed by atoms with Crippen LogP contribution in [-0.4, -0.2) is 33.7 Å². The minimum Gasteiger partial charge on any atom is -0.479 e. The molecule has 8 heteroatoms. The monoisotopic (exact) mass is 372 g/mol. The largest absolute Gasteiger partial charge is 0.479 e. The van der Waals surface area contributed by atoms with E-state index in [1.165, 1.54) is 0 Å². The summed E-state index contributed by atoms with van der Waals surface area (Å²) >= 11 is 0.971. The maximum absolute atomic E-state index is 11.4. The van der Waals surface area contributed by atoms with E-state index in [1.54, 1.807) is 12.1 Å². The standard InChI is InChI=1S/C18H16N2O5S/c21-14(22)10-25-15-13-7-6-12(20-17(13)26-16(15)18(23)24)9-19-8-11-4-2-1-3-5-11/h1-7,19H,8-10H2,(H,21,22)(H,23,24). The second-order valence-corrected chi connectivity index (χ2v) is 6.49. The Kier molecular flexibility index (Phi) is 5.45. The van der Waals surface area contributed by atoms with E-state index in [-0.39, 0.29) is 10.6 Å². The Hall–Kier alpha value is -2.97. The van der Waals surface area contributed by atoms with Crippen molar-refractivity contribution in [2.75, 3.05) is 6.61 Å². The molecule has 3 rings (SSSR count). The number of thiophene rings is 1. The number of rotatable bonds is 8. The van der Waals surface area contributed by atoms with E-state index in [1.807, 2.05) is 30.3 Å². The van der Waals surface area contributed by atoms with Gasteiger partial charge in [0.25, 0.3) is 0 Å². The molecule has 7 nitrogen and oxygen atoms in total. The molecule has 1 aromatic carbocycles. The number of benzene rings is 1. The zero-order valence-corrected chi connectivity index (χ0v) is 14.5. The Morgan fingerprint density at radius 1 is 1.08 bits per heavy atom. The third-order valence-electron chi connectivity index (χ3n) is 3.58. The van der Waals surface area contributed by atoms with Gasteiger partial charge in [0.1, 0.15) is 4.83 Å². The van der Waals surface area contributed by atoms with Crippen molar-refractivity contribution in [2.24, 2.45) is 0 Å². The lowest BCUT2D eigenvalue weighted by molar-refractivity contribution is -0.139. The first-order valence-electron chi connectivity index (χ1n) is 7.79. The summed E-state index contributed by atoms with van der Waals surface area (Å²) in [5, 5.41) is 21.9. The van der Waals surface area contributed by atoms with E-state index in [2.05, 4.69) is 10.3 Å². The number of carbonyl (C=O) groups is 2. The number of fused-ring (bicyclic) bond motifs is 1. The van der Waals surface area contributed by atoms with Crippen LogP contribution < -0.4 is 10.1 Å². The SMILES string of the molecule is O=C(O)COc1c(C(=O)O)sc2nc(CNCc3ccccc3)ccc12. The highest BCUT2D eigenvalue weighted by atomic mass is 32.1. The molecule has 0 spiro atoms. The fraction of sp³-hybridized carbons (Fsp3) is 0.167. The summed E-state index contributed by atoms with van der Waals surface area (Å²) in [5.41, 5.74) is 1.92. The number of aromatic nitrogens is 1. The lowest BCUT2D eigenvalue weighted by atomic mass is 10.2. The normalized spacial score (nSPS) is 10.8. The van der Waals surface area contributed by atoms with Crippen LogP contribution in [-0.2, 0) is 17.9 Å². The number of aromatic carboxylic acids is 1. The van der Waals surface area contributed by atoms with Crippen LogP contribution >= 0.6 is 11.3 Å². The van der Waals surface area contributed by atoms with Crippen LogP contribution in [0.5, 0.6) is 5.75 Å². The number of hydrogen-bond acceptors (Lipinski definition) is 6. The molecular weight excluding hydrogens is 356 g/mol. The number of ether oxygens (including phenoxy) is 1. The van der Waals surface area contributed by atoms with Gasteiger partial charge in [0.05, 0.1) is 11.1 Å². The van der Waals surface area contributed by atoms with Crippen molar-refractivity contribution in [3.63, 3.8) is 0 Å². The van der Waals surface area contributed by atoms with Gasteiger partial charge in [-0.3, -0.25) is 0 Å². The number of hydrogen-bond donors (Lipinski definition) is 3. The minimum absolute atomic E-state index is 0.0520. The average molecular weight is 372 g/mol. The van der Waals surface area contributed by atoms with Crippen molar-refractivity contribution >= 4 is 33.5 Å². The molecule has 0 saturated carbocycles. The van der Waals surface area contributed by atoms with Gasteiger partial charge in [-0.05, 0) is 17.7 Å². The fourth-order valence-corrected chi connectivity index (χ4v) is 3.42. The van der Waals surface area contributed by atoms with Crippen LogP contribution in [0.15, 0.2) is 42.5 Å². The number of carboxylic acids is 2. The van der Waals surface area contributed by atoms with Crippen LogP contribution in [0.2, 0.25) is 0 Å². The topological polar surface area (TPSA) is 109 Å². The average Bonchev–Trinajstić information content (AvgIpc) is 2.99. The van der Waals surface area contributed by atoms with E-state index in [0.717, 1.165) is 22.6 Å². The summed E-state index contributed by atoms with van der Waals surface area (Å²) < 4.78 is 5.17. The Morgan fingerprint density at radius 2 is 1.85 bits per heavy atom. The Bertz CT molecular complexity index is 939. The molecule has 0 amide bonds. The van der Waals surface area contributed by atoms with Crippen molar-refractivity contribution < 1.29 is 24.5 Å². The van der Waals surface area contributed by atoms with Gasteiger partial charge in [0, 0.05) is 13.1 Å². The van der Waals surface area contributed by atoms with E-state index in [9.17, 15) is 14.7 Å². The summed E-state index contributed by atoms with van der Waals surface area (Å²) in [6.07, 6.45) is 0. The molecule has 0 atom stereocenters. The summed E-state index contributed by atoms with van der Waals surface area (Å²) in [6, 6.07) is 13.4. The zero-order chi connectivity index (χ0) is 18.5. The molecule has 3 N–H and O–H groups in total. The minimum atomic E-state index is -1.17. The van der Waals surface area contributed by atoms with E-state index >= 15 is 0 Å². The van der Waals surface area contributed by atoms with E-state index in [4.69, 9.17) is 9.84 Å². The molecule has 134 valence electrons. The van der Waals surface area contributed by atoms with Gasteiger partial charge in [-0.1, -0.05) is 30.3 Å². The highest BCUT2D eigenvalue weighted by Crippen LogP contribution is 2.37. The molecule has 0 aliphatic carbocycles. The molecule has 3 aromatic rings. The highest BCUT2D eigenvalue weighted by Gasteiger charge is 2.21. The van der Waals surface area contributed by atoms with Crippen molar-refractivity contribution in [2.45, 2.75) is 13.1 Å². The van der Waals surface area contributed by atoms with Crippen LogP contribution in [0.25, 0.3) is 10.2 Å². The second kappa shape index (κ2) is 7.94. The lowest BCUT2D eigenvalue weighted by Crippen LogP contribution is -2.13. The summed E-state index contributed by atoms with van der Waals surface area (Å²) in [6.45, 7) is 0.612. The van der Waals surface area contributed by atoms with E-state index in [0.29, 0.717) is 23.3 Å². The first-order valence-corrected chi connectivity index (χ1v) is 8.61. The van der Waals surface area contributed by atoms with Gasteiger partial charge >= 0.3 is 11.9 Å². The van der Waals surface area contributed by atoms with Gasteiger partial charge in [0.15, 0.2) is 17.2 Å². The zero-order valence-electron chi connectivity index (χ0n) is 13.6. The predicted molar refractivity (Wildman–Crippen MR) is 96.7 cm³/mol. The van der Waals surface area contributed by atoms with Gasteiger partial charge in [-0.25, -0.2) is 14.6 Å². The Balaban J connectivity index is 1.77. The van der Waals surface area contributed by atoms with Crippen molar-refractivity contribution in [3.05, 3.63) is 58.6 Å². The lowest BCUT2D eigenvalue weighted by Gasteiger charge is -2.05. The predicted octanol–water partition coefficient (Wildman–Crippen LogP) is 2.75. The smallest absolute Gasteiger partial charge is 0.349 e. The van der Waals surface area contributed by atoms with Crippen LogP contribution in [0.4, 0.5) is 0 Å². The number of nitrogens with one attached hydrogen (secondary N) is 1. The first kappa shape index (κ1) is 17.8. The molecule has 0 fully saturated rings. The molecule has 2 heterocycles. The molecular formula is C18H16N2O5S.